The third-order valence-corrected chi connectivity index (χ3v) is 21.7. The van der Waals surface area contributed by atoms with Crippen molar-refractivity contribution in [3.8, 4) is 0 Å². The van der Waals surface area contributed by atoms with Crippen molar-refractivity contribution >= 4 is 5.91 Å². The van der Waals surface area contributed by atoms with Gasteiger partial charge in [-0.2, -0.15) is 0 Å². The summed E-state index contributed by atoms with van der Waals surface area (Å²) in [5.41, 5.74) is 0. The van der Waals surface area contributed by atoms with Crippen molar-refractivity contribution < 1.29 is 64.6 Å². The van der Waals surface area contributed by atoms with Gasteiger partial charge in [-0.05, 0) is 64.2 Å². The van der Waals surface area contributed by atoms with E-state index in [0.29, 0.717) is 12.8 Å². The highest BCUT2D eigenvalue weighted by molar-refractivity contribution is 5.76. The first-order valence-corrected chi connectivity index (χ1v) is 44.7. The summed E-state index contributed by atoms with van der Waals surface area (Å²) in [6.07, 6.45) is 86.9. The predicted octanol–water partition coefficient (Wildman–Crippen LogP) is 21.6. The molecule has 2 aliphatic rings. The molecule has 0 aromatic carbocycles. The lowest BCUT2D eigenvalue weighted by Gasteiger charge is -2.46. The number of carbonyl (C=O) groups excluding carboxylic acids is 1. The van der Waals surface area contributed by atoms with E-state index < -0.39 is 86.8 Å². The zero-order chi connectivity index (χ0) is 75.8. The van der Waals surface area contributed by atoms with Crippen molar-refractivity contribution in [1.82, 2.24) is 5.32 Å². The molecule has 0 bridgehead atoms. The summed E-state index contributed by atoms with van der Waals surface area (Å²) in [6, 6.07) is -0.832. The van der Waals surface area contributed by atoms with Crippen molar-refractivity contribution in [3.63, 3.8) is 0 Å². The molecule has 0 aliphatic carbocycles. The summed E-state index contributed by atoms with van der Waals surface area (Å²) in [4.78, 5) is 13.4. The number of hydrogen-bond acceptors (Lipinski definition) is 13. The van der Waals surface area contributed by atoms with Crippen LogP contribution in [0.4, 0.5) is 0 Å². The molecule has 2 saturated heterocycles. The minimum atomic E-state index is -1.78. The minimum Gasteiger partial charge on any atom is -0.394 e. The van der Waals surface area contributed by atoms with Gasteiger partial charge in [-0.3, -0.25) is 4.79 Å². The molecule has 2 heterocycles. The molecule has 2 aliphatic heterocycles. The highest BCUT2D eigenvalue weighted by Gasteiger charge is 2.51. The van der Waals surface area contributed by atoms with E-state index in [1.165, 1.54) is 289 Å². The predicted molar refractivity (Wildman–Crippen MR) is 438 cm³/mol. The van der Waals surface area contributed by atoms with E-state index >= 15 is 0 Å². The number of aliphatic hydroxyl groups excluding tert-OH is 8. The molecule has 2 fully saturated rings. The Morgan fingerprint density at radius 2 is 0.657 bits per heavy atom. The summed E-state index contributed by atoms with van der Waals surface area (Å²) in [5.74, 6) is -0.199. The standard InChI is InChI=1S/C91H167NO13/c1-3-5-7-9-11-13-15-17-19-21-23-25-27-29-31-33-35-36-37-38-39-40-41-42-43-44-45-47-49-51-53-55-57-59-61-63-65-67-69-71-73-75-83(96)92-79(78-102-90-88(101)86(99)89(82(77-94)104-90)105-91-87(100)85(98)84(97)81(76-93)103-91)80(95)74-72-70-68-66-64-62-60-58-56-54-52-50-48-46-34-32-30-28-26-24-22-20-18-16-14-12-10-8-6-4-2/h5,7,11,13,17,19,23,25,29,31,35-36,79-82,84-91,93-95,97-101H,3-4,6,8-10,12,14-16,18,20-22,24,26-28,30,32-34,37-78H2,1-2H3,(H,92,96)/b7-5-,13-11-,19-17-,25-23-,31-29-,36-35-. The molecule has 14 nitrogen and oxygen atoms in total. The lowest BCUT2D eigenvalue weighted by molar-refractivity contribution is -0.359. The van der Waals surface area contributed by atoms with Crippen molar-refractivity contribution in [2.75, 3.05) is 19.8 Å². The molecule has 0 aromatic rings. The Labute approximate surface area is 644 Å². The van der Waals surface area contributed by atoms with Crippen LogP contribution in [0.5, 0.6) is 0 Å². The van der Waals surface area contributed by atoms with Crippen LogP contribution < -0.4 is 5.32 Å². The van der Waals surface area contributed by atoms with Crippen LogP contribution in [0.1, 0.15) is 406 Å². The number of ether oxygens (including phenoxy) is 4. The molecule has 12 unspecified atom stereocenters. The summed E-state index contributed by atoms with van der Waals surface area (Å²) in [7, 11) is 0. The van der Waals surface area contributed by atoms with Gasteiger partial charge in [0.05, 0.1) is 32.0 Å². The average molecular weight is 1480 g/mol. The van der Waals surface area contributed by atoms with Gasteiger partial charge in [0.25, 0.3) is 0 Å². The topological polar surface area (TPSA) is 228 Å². The van der Waals surface area contributed by atoms with E-state index in [-0.39, 0.29) is 12.5 Å². The van der Waals surface area contributed by atoms with Crippen LogP contribution in [0.15, 0.2) is 72.9 Å². The fourth-order valence-corrected chi connectivity index (χ4v) is 14.7. The normalized spacial score (nSPS) is 21.7. The maximum absolute atomic E-state index is 13.4. The second-order valence-electron chi connectivity index (χ2n) is 31.4. The Bertz CT molecular complexity index is 2050. The van der Waals surface area contributed by atoms with Crippen molar-refractivity contribution in [3.05, 3.63) is 72.9 Å². The Kier molecular flexibility index (Phi) is 69.6. The molecule has 0 saturated carbocycles. The molecule has 9 N–H and O–H groups in total. The molecule has 14 heteroatoms. The second kappa shape index (κ2) is 74.2. The van der Waals surface area contributed by atoms with Crippen LogP contribution in [0.2, 0.25) is 0 Å². The molecule has 0 spiro atoms. The molecule has 0 radical (unpaired) electrons. The Balaban J connectivity index is 1.55. The van der Waals surface area contributed by atoms with Crippen LogP contribution in [0.3, 0.4) is 0 Å². The van der Waals surface area contributed by atoms with Crippen LogP contribution in [0, 0.1) is 0 Å². The third kappa shape index (κ3) is 56.3. The maximum atomic E-state index is 13.4. The van der Waals surface area contributed by atoms with E-state index in [1.807, 2.05) is 0 Å². The quantitative estimate of drug-likeness (QED) is 0.0204. The number of nitrogens with one attached hydrogen (secondary N) is 1. The molecule has 0 aromatic heterocycles. The van der Waals surface area contributed by atoms with E-state index in [9.17, 15) is 45.6 Å². The van der Waals surface area contributed by atoms with Crippen molar-refractivity contribution in [1.29, 1.82) is 0 Å². The second-order valence-corrected chi connectivity index (χ2v) is 31.4. The summed E-state index contributed by atoms with van der Waals surface area (Å²) in [6.45, 7) is 2.81. The number of carbonyl (C=O) groups is 1. The first kappa shape index (κ1) is 98.5. The van der Waals surface area contributed by atoms with Crippen LogP contribution in [-0.4, -0.2) is 140 Å². The molecule has 12 atom stereocenters. The third-order valence-electron chi connectivity index (χ3n) is 21.7. The molecular formula is C91H167NO13. The van der Waals surface area contributed by atoms with Crippen molar-refractivity contribution in [2.24, 2.45) is 0 Å². The van der Waals surface area contributed by atoms with Gasteiger partial charge in [0.1, 0.15) is 48.8 Å². The van der Waals surface area contributed by atoms with Gasteiger partial charge in [0.2, 0.25) is 5.91 Å². The van der Waals surface area contributed by atoms with E-state index in [4.69, 9.17) is 18.9 Å². The number of unbranched alkanes of at least 4 members (excludes halogenated alkanes) is 51. The Hall–Kier alpha value is -2.57. The lowest BCUT2D eigenvalue weighted by Crippen LogP contribution is -2.65. The first-order chi connectivity index (χ1) is 51.6. The maximum Gasteiger partial charge on any atom is 0.220 e. The fraction of sp³-hybridized carbons (Fsp3) is 0.857. The monoisotopic (exact) mass is 1480 g/mol. The average Bonchev–Trinajstić information content (AvgIpc) is 0.769. The minimum absolute atomic E-state index is 0.199. The van der Waals surface area contributed by atoms with Gasteiger partial charge in [0.15, 0.2) is 12.6 Å². The lowest BCUT2D eigenvalue weighted by atomic mass is 9.97. The number of aliphatic hydroxyl groups is 8. The zero-order valence-electron chi connectivity index (χ0n) is 67.7. The van der Waals surface area contributed by atoms with E-state index in [2.05, 4.69) is 92.1 Å². The van der Waals surface area contributed by atoms with Crippen LogP contribution in [0.25, 0.3) is 0 Å². The SMILES string of the molecule is CC/C=C\C/C=C\C/C=C\C/C=C\C/C=C\C/C=C\CCCCCCCCCCCCCCCCCCCCCCCCC(=O)NC(COC1OC(CO)C(OC2OC(CO)C(O)C(O)C2O)C(O)C1O)C(O)CCCCCCCCCCCCCCCCCCCCCCCCCCCCCCCC. The Morgan fingerprint density at radius 3 is 1.01 bits per heavy atom. The zero-order valence-corrected chi connectivity index (χ0v) is 67.7. The molecule has 105 heavy (non-hydrogen) atoms. The molecular weight excluding hydrogens is 1310 g/mol. The first-order valence-electron chi connectivity index (χ1n) is 44.7. The largest absolute Gasteiger partial charge is 0.394 e. The molecule has 614 valence electrons. The van der Waals surface area contributed by atoms with Crippen LogP contribution >= 0.6 is 0 Å². The van der Waals surface area contributed by atoms with Crippen LogP contribution in [-0.2, 0) is 23.7 Å². The summed E-state index contributed by atoms with van der Waals surface area (Å²) in [5, 5.41) is 88.1. The summed E-state index contributed by atoms with van der Waals surface area (Å²) < 4.78 is 23.0. The molecule has 2 rings (SSSR count). The fourth-order valence-electron chi connectivity index (χ4n) is 14.7. The van der Waals surface area contributed by atoms with Gasteiger partial charge in [-0.1, -0.05) is 408 Å². The number of hydrogen-bond donors (Lipinski definition) is 9. The van der Waals surface area contributed by atoms with Gasteiger partial charge in [0, 0.05) is 6.42 Å². The van der Waals surface area contributed by atoms with Gasteiger partial charge >= 0.3 is 0 Å². The van der Waals surface area contributed by atoms with Gasteiger partial charge in [-0.25, -0.2) is 0 Å². The summed E-state index contributed by atoms with van der Waals surface area (Å²) >= 11 is 0. The van der Waals surface area contributed by atoms with Gasteiger partial charge < -0.3 is 65.1 Å². The number of rotatable bonds is 76. The number of amides is 1. The highest BCUT2D eigenvalue weighted by atomic mass is 16.7. The highest BCUT2D eigenvalue weighted by Crippen LogP contribution is 2.31. The molecule has 1 amide bonds. The van der Waals surface area contributed by atoms with E-state index in [1.54, 1.807) is 0 Å². The van der Waals surface area contributed by atoms with E-state index in [0.717, 1.165) is 89.9 Å². The van der Waals surface area contributed by atoms with Gasteiger partial charge in [-0.15, -0.1) is 0 Å². The Morgan fingerprint density at radius 1 is 0.352 bits per heavy atom. The van der Waals surface area contributed by atoms with Crippen molar-refractivity contribution in [2.45, 2.75) is 479 Å². The number of allylic oxidation sites excluding steroid dienone is 12. The smallest absolute Gasteiger partial charge is 0.220 e.